The number of ether oxygens (including phenoxy) is 1. The first-order valence-corrected chi connectivity index (χ1v) is 12.2. The highest BCUT2D eigenvalue weighted by Gasteiger charge is 2.29. The van der Waals surface area contributed by atoms with E-state index in [0.717, 1.165) is 26.1 Å². The van der Waals surface area contributed by atoms with E-state index < -0.39 is 23.2 Å². The standard InChI is InChI=1S/C26H24FN3O4S/c1-3-34-26(33)28-13-12-20-21(15-28)35-24-22(20)23(31)30(19-10-8-18(27)9-11-19)25(32)29(24)14-17-6-4-16(2)5-7-17/h4-11H,3,12-15H2,1-2H3. The number of rotatable bonds is 4. The largest absolute Gasteiger partial charge is 0.450 e. The van der Waals surface area contributed by atoms with Crippen LogP contribution in [0.2, 0.25) is 0 Å². The molecule has 3 heterocycles. The van der Waals surface area contributed by atoms with E-state index in [1.54, 1.807) is 16.4 Å². The predicted molar refractivity (Wildman–Crippen MR) is 133 cm³/mol. The monoisotopic (exact) mass is 493 g/mol. The maximum atomic E-state index is 13.7. The van der Waals surface area contributed by atoms with Crippen LogP contribution in [-0.4, -0.2) is 33.3 Å². The molecular formula is C26H24FN3O4S. The molecule has 35 heavy (non-hydrogen) atoms. The second kappa shape index (κ2) is 9.14. The molecule has 0 radical (unpaired) electrons. The Bertz CT molecular complexity index is 1530. The maximum Gasteiger partial charge on any atom is 0.410 e. The van der Waals surface area contributed by atoms with Gasteiger partial charge in [0.15, 0.2) is 0 Å². The number of halogens is 1. The Morgan fingerprint density at radius 1 is 1.09 bits per heavy atom. The normalized spacial score (nSPS) is 13.2. The molecule has 180 valence electrons. The minimum atomic E-state index is -0.490. The van der Waals surface area contributed by atoms with Crippen molar-refractivity contribution >= 4 is 27.6 Å². The molecule has 0 saturated carbocycles. The van der Waals surface area contributed by atoms with Gasteiger partial charge in [-0.3, -0.25) is 9.36 Å². The molecule has 9 heteroatoms. The third-order valence-electron chi connectivity index (χ3n) is 6.19. The lowest BCUT2D eigenvalue weighted by molar-refractivity contribution is 0.103. The highest BCUT2D eigenvalue weighted by molar-refractivity contribution is 7.18. The fraction of sp³-hybridized carbons (Fsp3) is 0.269. The Balaban J connectivity index is 1.72. The summed E-state index contributed by atoms with van der Waals surface area (Å²) in [6.07, 6.45) is 0.0894. The van der Waals surface area contributed by atoms with Crippen LogP contribution in [-0.2, 0) is 24.2 Å². The molecule has 1 amide bonds. The topological polar surface area (TPSA) is 73.5 Å². The molecule has 0 N–H and O–H groups in total. The smallest absolute Gasteiger partial charge is 0.410 e. The zero-order valence-corrected chi connectivity index (χ0v) is 20.2. The van der Waals surface area contributed by atoms with E-state index >= 15 is 0 Å². The summed E-state index contributed by atoms with van der Waals surface area (Å²) in [5.41, 5.74) is 2.26. The fourth-order valence-electron chi connectivity index (χ4n) is 4.41. The summed E-state index contributed by atoms with van der Waals surface area (Å²) in [6, 6.07) is 13.2. The lowest BCUT2D eigenvalue weighted by Crippen LogP contribution is -2.39. The number of thiophene rings is 1. The van der Waals surface area contributed by atoms with E-state index in [1.165, 1.54) is 35.6 Å². The van der Waals surface area contributed by atoms with Gasteiger partial charge in [-0.15, -0.1) is 11.3 Å². The lowest BCUT2D eigenvalue weighted by atomic mass is 10.1. The molecule has 5 rings (SSSR count). The van der Waals surface area contributed by atoms with Gasteiger partial charge in [0.1, 0.15) is 10.6 Å². The van der Waals surface area contributed by atoms with Gasteiger partial charge in [0, 0.05) is 11.4 Å². The van der Waals surface area contributed by atoms with E-state index in [-0.39, 0.29) is 13.2 Å². The first-order chi connectivity index (χ1) is 16.9. The van der Waals surface area contributed by atoms with Crippen molar-refractivity contribution in [2.75, 3.05) is 13.2 Å². The number of carbonyl (C=O) groups excluding carboxylic acids is 1. The summed E-state index contributed by atoms with van der Waals surface area (Å²) in [7, 11) is 0. The molecule has 0 aliphatic carbocycles. The number of hydrogen-bond donors (Lipinski definition) is 0. The fourth-order valence-corrected chi connectivity index (χ4v) is 5.76. The Morgan fingerprint density at radius 3 is 2.49 bits per heavy atom. The van der Waals surface area contributed by atoms with Crippen molar-refractivity contribution in [3.63, 3.8) is 0 Å². The van der Waals surface area contributed by atoms with Gasteiger partial charge in [-0.05, 0) is 55.7 Å². The van der Waals surface area contributed by atoms with Gasteiger partial charge >= 0.3 is 11.8 Å². The van der Waals surface area contributed by atoms with Crippen molar-refractivity contribution in [1.82, 2.24) is 14.0 Å². The van der Waals surface area contributed by atoms with Crippen LogP contribution in [0.1, 0.15) is 28.5 Å². The Morgan fingerprint density at radius 2 is 1.80 bits per heavy atom. The number of amides is 1. The van der Waals surface area contributed by atoms with Crippen molar-refractivity contribution in [2.24, 2.45) is 0 Å². The zero-order chi connectivity index (χ0) is 24.7. The molecule has 2 aromatic carbocycles. The number of benzene rings is 2. The second-order valence-electron chi connectivity index (χ2n) is 8.53. The predicted octanol–water partition coefficient (Wildman–Crippen LogP) is 4.22. The summed E-state index contributed by atoms with van der Waals surface area (Å²) in [4.78, 5) is 42.7. The van der Waals surface area contributed by atoms with E-state index in [1.807, 2.05) is 31.2 Å². The van der Waals surface area contributed by atoms with Gasteiger partial charge in [0.05, 0.1) is 30.8 Å². The van der Waals surface area contributed by atoms with Crippen molar-refractivity contribution in [3.05, 3.63) is 96.8 Å². The summed E-state index contributed by atoms with van der Waals surface area (Å²) in [5.74, 6) is -0.449. The molecule has 1 aliphatic rings. The van der Waals surface area contributed by atoms with Crippen molar-refractivity contribution in [1.29, 1.82) is 0 Å². The van der Waals surface area contributed by atoms with Gasteiger partial charge in [0.2, 0.25) is 0 Å². The third kappa shape index (κ3) is 4.16. The van der Waals surface area contributed by atoms with E-state index in [2.05, 4.69) is 0 Å². The summed E-state index contributed by atoms with van der Waals surface area (Å²) < 4.78 is 21.4. The average Bonchev–Trinajstić information content (AvgIpc) is 3.23. The minimum absolute atomic E-state index is 0.276. The maximum absolute atomic E-state index is 13.7. The number of nitrogens with zero attached hydrogens (tertiary/aromatic N) is 3. The SMILES string of the molecule is CCOC(=O)N1CCc2c(sc3c2c(=O)n(-c2ccc(F)cc2)c(=O)n3Cc2ccc(C)cc2)C1. The number of carbonyl (C=O) groups is 1. The summed E-state index contributed by atoms with van der Waals surface area (Å²) in [5, 5.41) is 0.476. The molecular weight excluding hydrogens is 469 g/mol. The van der Waals surface area contributed by atoms with E-state index in [0.29, 0.717) is 35.4 Å². The first-order valence-electron chi connectivity index (χ1n) is 11.4. The van der Waals surface area contributed by atoms with Crippen LogP contribution in [0.15, 0.2) is 58.1 Å². The molecule has 2 aromatic heterocycles. The molecule has 0 fully saturated rings. The van der Waals surface area contributed by atoms with Crippen LogP contribution >= 0.6 is 11.3 Å². The molecule has 0 spiro atoms. The summed E-state index contributed by atoms with van der Waals surface area (Å²) >= 11 is 1.36. The lowest BCUT2D eigenvalue weighted by Gasteiger charge is -2.25. The Hall–Kier alpha value is -3.72. The zero-order valence-electron chi connectivity index (χ0n) is 19.4. The average molecular weight is 494 g/mol. The molecule has 1 aliphatic heterocycles. The highest BCUT2D eigenvalue weighted by Crippen LogP contribution is 2.33. The van der Waals surface area contributed by atoms with Gasteiger partial charge in [0.25, 0.3) is 5.56 Å². The van der Waals surface area contributed by atoms with Crippen molar-refractivity contribution in [2.45, 2.75) is 33.4 Å². The summed E-state index contributed by atoms with van der Waals surface area (Å²) in [6.45, 7) is 5.05. The van der Waals surface area contributed by atoms with Crippen LogP contribution < -0.4 is 11.2 Å². The molecule has 0 bridgehead atoms. The van der Waals surface area contributed by atoms with E-state index in [4.69, 9.17) is 4.74 Å². The van der Waals surface area contributed by atoms with Gasteiger partial charge < -0.3 is 9.64 Å². The first kappa shape index (κ1) is 23.0. The van der Waals surface area contributed by atoms with Crippen LogP contribution in [0.4, 0.5) is 9.18 Å². The van der Waals surface area contributed by atoms with Crippen LogP contribution in [0, 0.1) is 12.7 Å². The minimum Gasteiger partial charge on any atom is -0.450 e. The van der Waals surface area contributed by atoms with E-state index in [9.17, 15) is 18.8 Å². The number of aromatic nitrogens is 2. The number of fused-ring (bicyclic) bond motifs is 3. The number of hydrogen-bond acceptors (Lipinski definition) is 5. The molecule has 0 unspecified atom stereocenters. The van der Waals surface area contributed by atoms with Gasteiger partial charge in [-0.2, -0.15) is 0 Å². The van der Waals surface area contributed by atoms with Crippen molar-refractivity contribution in [3.8, 4) is 5.69 Å². The third-order valence-corrected chi connectivity index (χ3v) is 7.43. The van der Waals surface area contributed by atoms with Gasteiger partial charge in [-0.1, -0.05) is 29.8 Å². The van der Waals surface area contributed by atoms with Crippen LogP contribution in [0.3, 0.4) is 0 Å². The number of aryl methyl sites for hydroxylation is 1. The molecule has 4 aromatic rings. The highest BCUT2D eigenvalue weighted by atomic mass is 32.1. The second-order valence-corrected chi connectivity index (χ2v) is 9.61. The van der Waals surface area contributed by atoms with Crippen molar-refractivity contribution < 1.29 is 13.9 Å². The van der Waals surface area contributed by atoms with Gasteiger partial charge in [-0.25, -0.2) is 18.5 Å². The Kier molecular flexibility index (Phi) is 6.02. The van der Waals surface area contributed by atoms with Crippen LogP contribution in [0.25, 0.3) is 15.9 Å². The van der Waals surface area contributed by atoms with Crippen LogP contribution in [0.5, 0.6) is 0 Å². The quantitative estimate of drug-likeness (QED) is 0.427. The molecule has 0 atom stereocenters. The molecule has 0 saturated heterocycles. The molecule has 7 nitrogen and oxygen atoms in total. The Labute approximate surface area is 204 Å².